The molecule has 108 valence electrons. The van der Waals surface area contributed by atoms with Crippen LogP contribution in [0.15, 0.2) is 24.3 Å². The third-order valence-corrected chi connectivity index (χ3v) is 4.52. The molecule has 4 nitrogen and oxygen atoms in total. The van der Waals surface area contributed by atoms with Crippen molar-refractivity contribution in [1.82, 2.24) is 0 Å². The van der Waals surface area contributed by atoms with Crippen LogP contribution >= 0.6 is 12.2 Å². The molecule has 1 amide bonds. The molecule has 1 aliphatic rings. The third kappa shape index (κ3) is 2.63. The smallest absolute Gasteiger partial charge is 0.239 e. The Morgan fingerprint density at radius 2 is 1.80 bits per heavy atom. The summed E-state index contributed by atoms with van der Waals surface area (Å²) in [5.74, 6) is 0.131. The third-order valence-electron chi connectivity index (χ3n) is 4.13. The van der Waals surface area contributed by atoms with Gasteiger partial charge in [-0.25, -0.2) is 0 Å². The van der Waals surface area contributed by atoms with Gasteiger partial charge in [-0.05, 0) is 37.1 Å². The lowest BCUT2D eigenvalue weighted by Gasteiger charge is -2.37. The quantitative estimate of drug-likeness (QED) is 0.840. The number of nitrogens with two attached hydrogens (primary N) is 1. The van der Waals surface area contributed by atoms with Crippen molar-refractivity contribution in [2.45, 2.75) is 32.1 Å². The predicted octanol–water partition coefficient (Wildman–Crippen LogP) is 2.59. The van der Waals surface area contributed by atoms with Crippen LogP contribution in [0.3, 0.4) is 0 Å². The normalized spacial score (nSPS) is 17.4. The standard InChI is InChI=1S/C15H20N2O2S/c1-17(11-5-7-12(18)8-6-11)14(19)15(13(16)20)9-3-2-4-10-15/h5-8,18H,2-4,9-10H2,1H3,(H2,16,20). The molecule has 0 aliphatic heterocycles. The minimum atomic E-state index is -0.708. The number of nitrogens with zero attached hydrogens (tertiary/aromatic N) is 1. The van der Waals surface area contributed by atoms with Crippen LogP contribution in [-0.4, -0.2) is 23.0 Å². The number of benzene rings is 1. The highest BCUT2D eigenvalue weighted by Crippen LogP contribution is 2.39. The number of anilines is 1. The van der Waals surface area contributed by atoms with E-state index in [-0.39, 0.29) is 11.7 Å². The summed E-state index contributed by atoms with van der Waals surface area (Å²) >= 11 is 5.18. The lowest BCUT2D eigenvalue weighted by atomic mass is 9.73. The number of hydrogen-bond donors (Lipinski definition) is 2. The number of aromatic hydroxyl groups is 1. The Morgan fingerprint density at radius 1 is 1.25 bits per heavy atom. The Labute approximate surface area is 124 Å². The Balaban J connectivity index is 2.27. The first kappa shape index (κ1) is 14.8. The van der Waals surface area contributed by atoms with E-state index in [1.54, 1.807) is 36.2 Å². The second kappa shape index (κ2) is 5.79. The van der Waals surface area contributed by atoms with Crippen LogP contribution in [0, 0.1) is 5.41 Å². The van der Waals surface area contributed by atoms with E-state index >= 15 is 0 Å². The molecule has 0 heterocycles. The molecule has 0 spiro atoms. The first-order valence-corrected chi connectivity index (χ1v) is 7.25. The summed E-state index contributed by atoms with van der Waals surface area (Å²) < 4.78 is 0. The van der Waals surface area contributed by atoms with E-state index in [4.69, 9.17) is 18.0 Å². The van der Waals surface area contributed by atoms with Crippen LogP contribution < -0.4 is 10.6 Å². The van der Waals surface area contributed by atoms with E-state index in [1.165, 1.54) is 0 Å². The second-order valence-electron chi connectivity index (χ2n) is 5.39. The highest BCUT2D eigenvalue weighted by molar-refractivity contribution is 7.80. The Kier molecular flexibility index (Phi) is 4.28. The van der Waals surface area contributed by atoms with Crippen molar-refractivity contribution in [3.05, 3.63) is 24.3 Å². The SMILES string of the molecule is CN(C(=O)C1(C(N)=S)CCCCC1)c1ccc(O)cc1. The van der Waals surface area contributed by atoms with Gasteiger partial charge in [0.15, 0.2) is 0 Å². The summed E-state index contributed by atoms with van der Waals surface area (Å²) in [6, 6.07) is 6.55. The first-order chi connectivity index (χ1) is 9.47. The molecule has 1 aliphatic carbocycles. The van der Waals surface area contributed by atoms with Crippen molar-refractivity contribution in [2.75, 3.05) is 11.9 Å². The molecule has 3 N–H and O–H groups in total. The number of hydrogen-bond acceptors (Lipinski definition) is 3. The maximum absolute atomic E-state index is 12.8. The molecule has 1 saturated carbocycles. The van der Waals surface area contributed by atoms with E-state index in [1.807, 2.05) is 0 Å². The predicted molar refractivity (Wildman–Crippen MR) is 83.8 cm³/mol. The summed E-state index contributed by atoms with van der Waals surface area (Å²) in [5, 5.41) is 9.32. The van der Waals surface area contributed by atoms with Gasteiger partial charge in [0.25, 0.3) is 0 Å². The topological polar surface area (TPSA) is 66.6 Å². The molecule has 0 unspecified atom stereocenters. The summed E-state index contributed by atoms with van der Waals surface area (Å²) in [5.41, 5.74) is 5.91. The van der Waals surface area contributed by atoms with Gasteiger partial charge in [-0.2, -0.15) is 0 Å². The van der Waals surface area contributed by atoms with Gasteiger partial charge in [0.2, 0.25) is 5.91 Å². The van der Waals surface area contributed by atoms with E-state index < -0.39 is 5.41 Å². The average Bonchev–Trinajstić information content (AvgIpc) is 2.47. The Morgan fingerprint density at radius 3 is 2.30 bits per heavy atom. The molecule has 0 saturated heterocycles. The van der Waals surface area contributed by atoms with Crippen molar-refractivity contribution in [3.8, 4) is 5.75 Å². The molecular weight excluding hydrogens is 272 g/mol. The van der Waals surface area contributed by atoms with E-state index in [2.05, 4.69) is 0 Å². The van der Waals surface area contributed by atoms with Gasteiger partial charge in [-0.15, -0.1) is 0 Å². The van der Waals surface area contributed by atoms with Gasteiger partial charge in [0.1, 0.15) is 5.75 Å². The van der Waals surface area contributed by atoms with Gasteiger partial charge in [-0.3, -0.25) is 4.79 Å². The largest absolute Gasteiger partial charge is 0.508 e. The lowest BCUT2D eigenvalue weighted by Crippen LogP contribution is -2.50. The first-order valence-electron chi connectivity index (χ1n) is 6.84. The zero-order chi connectivity index (χ0) is 14.8. The number of thiocarbonyl (C=S) groups is 1. The van der Waals surface area contributed by atoms with Crippen LogP contribution in [-0.2, 0) is 4.79 Å². The number of carbonyl (C=O) groups excluding carboxylic acids is 1. The number of phenolic OH excluding ortho intramolecular Hbond substituents is 1. The molecule has 1 aromatic carbocycles. The van der Waals surface area contributed by atoms with Gasteiger partial charge in [-0.1, -0.05) is 31.5 Å². The van der Waals surface area contributed by atoms with Gasteiger partial charge >= 0.3 is 0 Å². The van der Waals surface area contributed by atoms with Gasteiger partial charge < -0.3 is 15.7 Å². The number of rotatable bonds is 3. The zero-order valence-electron chi connectivity index (χ0n) is 11.6. The van der Waals surface area contributed by atoms with Crippen LogP contribution in [0.1, 0.15) is 32.1 Å². The Hall–Kier alpha value is -1.62. The van der Waals surface area contributed by atoms with E-state index in [9.17, 15) is 9.90 Å². The molecule has 0 atom stereocenters. The fourth-order valence-corrected chi connectivity index (χ4v) is 3.13. The minimum Gasteiger partial charge on any atom is -0.508 e. The number of carbonyl (C=O) groups is 1. The van der Waals surface area contributed by atoms with Crippen molar-refractivity contribution in [2.24, 2.45) is 11.1 Å². The zero-order valence-corrected chi connectivity index (χ0v) is 12.4. The van der Waals surface area contributed by atoms with Gasteiger partial charge in [0.05, 0.1) is 10.4 Å². The molecular formula is C15H20N2O2S. The molecule has 5 heteroatoms. The summed E-state index contributed by atoms with van der Waals surface area (Å²) in [4.78, 5) is 14.7. The summed E-state index contributed by atoms with van der Waals surface area (Å²) in [6.45, 7) is 0. The number of amides is 1. The van der Waals surface area contributed by atoms with Crippen LogP contribution in [0.4, 0.5) is 5.69 Å². The summed E-state index contributed by atoms with van der Waals surface area (Å²) in [7, 11) is 1.73. The monoisotopic (exact) mass is 292 g/mol. The molecule has 20 heavy (non-hydrogen) atoms. The molecule has 0 bridgehead atoms. The lowest BCUT2D eigenvalue weighted by molar-refractivity contribution is -0.125. The van der Waals surface area contributed by atoms with Crippen LogP contribution in [0.5, 0.6) is 5.75 Å². The van der Waals surface area contributed by atoms with E-state index in [0.717, 1.165) is 37.8 Å². The second-order valence-corrected chi connectivity index (χ2v) is 5.83. The highest BCUT2D eigenvalue weighted by atomic mass is 32.1. The maximum atomic E-state index is 12.8. The molecule has 1 aromatic rings. The average molecular weight is 292 g/mol. The van der Waals surface area contributed by atoms with Crippen LogP contribution in [0.2, 0.25) is 0 Å². The van der Waals surface area contributed by atoms with E-state index in [0.29, 0.717) is 4.99 Å². The highest BCUT2D eigenvalue weighted by Gasteiger charge is 2.44. The number of phenols is 1. The van der Waals surface area contributed by atoms with Crippen LogP contribution in [0.25, 0.3) is 0 Å². The Bertz CT molecular complexity index is 507. The summed E-state index contributed by atoms with van der Waals surface area (Å²) in [6.07, 6.45) is 4.53. The molecule has 2 rings (SSSR count). The molecule has 0 radical (unpaired) electrons. The van der Waals surface area contributed by atoms with Crippen molar-refractivity contribution < 1.29 is 9.90 Å². The minimum absolute atomic E-state index is 0.0459. The molecule has 1 fully saturated rings. The fraction of sp³-hybridized carbons (Fsp3) is 0.467. The van der Waals surface area contributed by atoms with Gasteiger partial charge in [0, 0.05) is 12.7 Å². The van der Waals surface area contributed by atoms with Crippen molar-refractivity contribution in [1.29, 1.82) is 0 Å². The molecule has 0 aromatic heterocycles. The van der Waals surface area contributed by atoms with Crippen molar-refractivity contribution in [3.63, 3.8) is 0 Å². The fourth-order valence-electron chi connectivity index (χ4n) is 2.84. The van der Waals surface area contributed by atoms with Crippen molar-refractivity contribution >= 4 is 28.8 Å². The maximum Gasteiger partial charge on any atom is 0.239 e.